The van der Waals surface area contributed by atoms with Crippen LogP contribution < -0.4 is 21.9 Å². The van der Waals surface area contributed by atoms with Crippen LogP contribution in [-0.4, -0.2) is 41.5 Å². The van der Waals surface area contributed by atoms with Crippen molar-refractivity contribution in [3.63, 3.8) is 0 Å². The number of alkyl halides is 6. The summed E-state index contributed by atoms with van der Waals surface area (Å²) in [6.45, 7) is 0.945. The average molecular weight is 585 g/mol. The topological polar surface area (TPSA) is 94.4 Å². The molecule has 1 heterocycles. The summed E-state index contributed by atoms with van der Waals surface area (Å²) in [5.74, 6) is -1.04. The molecule has 0 amide bonds. The molecule has 3 aromatic rings. The van der Waals surface area contributed by atoms with Crippen LogP contribution in [0.25, 0.3) is 5.69 Å². The first-order valence-corrected chi connectivity index (χ1v) is 12.6. The van der Waals surface area contributed by atoms with Crippen molar-refractivity contribution < 1.29 is 35.9 Å². The summed E-state index contributed by atoms with van der Waals surface area (Å²) in [5.41, 5.74) is -2.59. The van der Waals surface area contributed by atoms with Crippen molar-refractivity contribution in [3.8, 4) is 5.69 Å². The number of aromatic nitrogens is 2. The standard InChI is InChI=1S/C27H26F6N4O4/c1-3-41-24(39)18-14-36(15-7-9-20(34-2)21(13-15)35-12-11-26(28,29)30)25(40)37(23(18)38)22-10-8-16-17(22)5-4-6-19(16)27(31,32)33/h4-7,9,13-14,22,34-35H,3,8,10-12H2,1-2H3/t22-/m1/s1. The Hall–Kier alpha value is -4.23. The molecule has 8 nitrogen and oxygen atoms in total. The van der Waals surface area contributed by atoms with Crippen molar-refractivity contribution in [2.24, 2.45) is 0 Å². The average Bonchev–Trinajstić information content (AvgIpc) is 3.31. The molecule has 0 bridgehead atoms. The third-order valence-corrected chi connectivity index (χ3v) is 6.75. The van der Waals surface area contributed by atoms with Crippen molar-refractivity contribution in [2.45, 2.75) is 44.6 Å². The highest BCUT2D eigenvalue weighted by atomic mass is 19.4. The molecule has 0 saturated carbocycles. The maximum atomic E-state index is 13.8. The zero-order valence-corrected chi connectivity index (χ0v) is 21.9. The van der Waals surface area contributed by atoms with Crippen LogP contribution in [0.15, 0.2) is 52.2 Å². The number of hydrogen-bond donors (Lipinski definition) is 2. The summed E-state index contributed by atoms with van der Waals surface area (Å²) >= 11 is 0. The summed E-state index contributed by atoms with van der Waals surface area (Å²) in [7, 11) is 1.54. The lowest BCUT2D eigenvalue weighted by molar-refractivity contribution is -0.138. The zero-order valence-electron chi connectivity index (χ0n) is 21.9. The Kier molecular flexibility index (Phi) is 8.22. The second-order valence-corrected chi connectivity index (χ2v) is 9.29. The molecule has 1 aliphatic rings. The van der Waals surface area contributed by atoms with Crippen molar-refractivity contribution >= 4 is 17.3 Å². The lowest BCUT2D eigenvalue weighted by Gasteiger charge is -2.20. The minimum Gasteiger partial charge on any atom is -0.462 e. The van der Waals surface area contributed by atoms with Gasteiger partial charge in [0.15, 0.2) is 0 Å². The molecule has 0 spiro atoms. The Morgan fingerprint density at radius 3 is 2.44 bits per heavy atom. The van der Waals surface area contributed by atoms with Crippen molar-refractivity contribution in [2.75, 3.05) is 30.8 Å². The van der Waals surface area contributed by atoms with Crippen molar-refractivity contribution in [1.82, 2.24) is 9.13 Å². The van der Waals surface area contributed by atoms with Crippen LogP contribution in [0.1, 0.15) is 52.9 Å². The van der Waals surface area contributed by atoms with E-state index in [9.17, 15) is 40.7 Å². The largest absolute Gasteiger partial charge is 0.462 e. The second kappa shape index (κ2) is 11.3. The summed E-state index contributed by atoms with van der Waals surface area (Å²) in [4.78, 5) is 40.0. The van der Waals surface area contributed by atoms with Gasteiger partial charge in [0.05, 0.1) is 41.7 Å². The van der Waals surface area contributed by atoms with Crippen LogP contribution in [0.5, 0.6) is 0 Å². The molecule has 0 aliphatic heterocycles. The molecular weight excluding hydrogens is 558 g/mol. The van der Waals surface area contributed by atoms with Crippen molar-refractivity contribution in [1.29, 1.82) is 0 Å². The molecule has 0 saturated heterocycles. The number of benzene rings is 2. The molecular formula is C27H26F6N4O4. The highest BCUT2D eigenvalue weighted by Crippen LogP contribution is 2.41. The molecule has 41 heavy (non-hydrogen) atoms. The number of nitrogens with one attached hydrogen (secondary N) is 2. The van der Waals surface area contributed by atoms with E-state index in [0.29, 0.717) is 5.69 Å². The van der Waals surface area contributed by atoms with Gasteiger partial charge in [-0.1, -0.05) is 12.1 Å². The third-order valence-electron chi connectivity index (χ3n) is 6.75. The Balaban J connectivity index is 1.89. The predicted octanol–water partition coefficient (Wildman–Crippen LogP) is 5.14. The number of fused-ring (bicyclic) bond motifs is 1. The lowest BCUT2D eigenvalue weighted by atomic mass is 10.0. The number of esters is 1. The van der Waals surface area contributed by atoms with Crippen LogP contribution in [0.3, 0.4) is 0 Å². The van der Waals surface area contributed by atoms with E-state index in [-0.39, 0.29) is 42.0 Å². The van der Waals surface area contributed by atoms with Gasteiger partial charge in [-0.2, -0.15) is 26.3 Å². The normalized spacial score (nSPS) is 15.0. The number of rotatable bonds is 8. The third kappa shape index (κ3) is 6.10. The van der Waals surface area contributed by atoms with Gasteiger partial charge in [-0.25, -0.2) is 9.59 Å². The second-order valence-electron chi connectivity index (χ2n) is 9.29. The maximum Gasteiger partial charge on any atom is 0.416 e. The molecule has 1 aromatic heterocycles. The minimum atomic E-state index is -4.65. The first-order valence-electron chi connectivity index (χ1n) is 12.6. The van der Waals surface area contributed by atoms with E-state index in [0.717, 1.165) is 21.4 Å². The summed E-state index contributed by atoms with van der Waals surface area (Å²) in [6.07, 6.45) is -9.28. The molecule has 4 rings (SSSR count). The first-order chi connectivity index (χ1) is 19.3. The predicted molar refractivity (Wildman–Crippen MR) is 139 cm³/mol. The van der Waals surface area contributed by atoms with E-state index in [4.69, 9.17) is 4.74 Å². The lowest BCUT2D eigenvalue weighted by Crippen LogP contribution is -2.44. The molecule has 1 atom stereocenters. The fraction of sp³-hybridized carbons (Fsp3) is 0.370. The van der Waals surface area contributed by atoms with E-state index in [1.54, 1.807) is 7.05 Å². The van der Waals surface area contributed by atoms with Crippen LogP contribution in [0.2, 0.25) is 0 Å². The number of halogens is 6. The number of ether oxygens (including phenoxy) is 1. The van der Waals surface area contributed by atoms with Crippen LogP contribution in [-0.2, 0) is 17.3 Å². The van der Waals surface area contributed by atoms with Gasteiger partial charge in [-0.3, -0.25) is 13.9 Å². The number of carbonyl (C=O) groups excluding carboxylic acids is 1. The highest BCUT2D eigenvalue weighted by molar-refractivity contribution is 5.88. The number of anilines is 2. The molecule has 220 valence electrons. The fourth-order valence-corrected chi connectivity index (χ4v) is 4.93. The summed E-state index contributed by atoms with van der Waals surface area (Å²) in [6, 6.07) is 6.70. The molecule has 0 radical (unpaired) electrons. The van der Waals surface area contributed by atoms with Crippen LogP contribution >= 0.6 is 0 Å². The monoisotopic (exact) mass is 584 g/mol. The SMILES string of the molecule is CCOC(=O)c1cn(-c2ccc(NC)c(NCCC(F)(F)F)c2)c(=O)n([C@@H]2CCc3c2cccc3C(F)(F)F)c1=O. The van der Waals surface area contributed by atoms with Crippen LogP contribution in [0, 0.1) is 0 Å². The number of nitrogens with zero attached hydrogens (tertiary/aromatic N) is 2. The quantitative estimate of drug-likeness (QED) is 0.282. The van der Waals surface area contributed by atoms with Crippen LogP contribution in [0.4, 0.5) is 37.7 Å². The van der Waals surface area contributed by atoms with E-state index in [1.807, 2.05) is 0 Å². The molecule has 0 unspecified atom stereocenters. The molecule has 2 aromatic carbocycles. The number of carbonyl (C=O) groups is 1. The summed E-state index contributed by atoms with van der Waals surface area (Å²) < 4.78 is 85.8. The molecule has 1 aliphatic carbocycles. The Bertz CT molecular complexity index is 1580. The Morgan fingerprint density at radius 2 is 1.80 bits per heavy atom. The van der Waals surface area contributed by atoms with E-state index >= 15 is 0 Å². The first kappa shape index (κ1) is 29.7. The van der Waals surface area contributed by atoms with Gasteiger partial charge in [0.25, 0.3) is 5.56 Å². The summed E-state index contributed by atoms with van der Waals surface area (Å²) in [5, 5.41) is 5.48. The Morgan fingerprint density at radius 1 is 1.07 bits per heavy atom. The van der Waals surface area contributed by atoms with Crippen molar-refractivity contribution in [3.05, 3.63) is 85.7 Å². The number of hydrogen-bond acceptors (Lipinski definition) is 6. The molecule has 2 N–H and O–H groups in total. The van der Waals surface area contributed by atoms with Gasteiger partial charge < -0.3 is 15.4 Å². The Labute approximate surface area is 229 Å². The minimum absolute atomic E-state index is 0.00715. The van der Waals surface area contributed by atoms with Gasteiger partial charge in [0.1, 0.15) is 5.56 Å². The van der Waals surface area contributed by atoms with Gasteiger partial charge in [0, 0.05) is 19.8 Å². The van der Waals surface area contributed by atoms with E-state index in [2.05, 4.69) is 10.6 Å². The molecule has 14 heteroatoms. The highest BCUT2D eigenvalue weighted by Gasteiger charge is 2.38. The zero-order chi connectivity index (χ0) is 30.1. The van der Waals surface area contributed by atoms with Gasteiger partial charge in [0.2, 0.25) is 0 Å². The maximum absolute atomic E-state index is 13.8. The van der Waals surface area contributed by atoms with Gasteiger partial charge in [-0.15, -0.1) is 0 Å². The smallest absolute Gasteiger partial charge is 0.416 e. The van der Waals surface area contributed by atoms with Gasteiger partial charge >= 0.3 is 24.0 Å². The van der Waals surface area contributed by atoms with E-state index in [1.165, 1.54) is 37.3 Å². The molecule has 0 fully saturated rings. The van der Waals surface area contributed by atoms with E-state index < -0.39 is 59.7 Å². The van der Waals surface area contributed by atoms with Gasteiger partial charge in [-0.05, 0) is 55.2 Å². The fourth-order valence-electron chi connectivity index (χ4n) is 4.93.